The molecule has 2 nitrogen and oxygen atoms in total. The lowest BCUT2D eigenvalue weighted by molar-refractivity contribution is 0.832. The number of aromatic amines is 1. The van der Waals surface area contributed by atoms with Gasteiger partial charge in [0, 0.05) is 5.39 Å². The Hall–Kier alpha value is -2.09. The third-order valence-electron chi connectivity index (χ3n) is 3.97. The van der Waals surface area contributed by atoms with Gasteiger partial charge in [-0.25, -0.2) is 0 Å². The summed E-state index contributed by atoms with van der Waals surface area (Å²) in [5, 5.41) is 8.35. The molecule has 1 aromatic heterocycles. The fraction of sp³-hybridized carbons (Fsp3) is 0.235. The summed E-state index contributed by atoms with van der Waals surface area (Å²) < 4.78 is 0. The zero-order valence-corrected chi connectivity index (χ0v) is 10.8. The van der Waals surface area contributed by atoms with E-state index >= 15 is 0 Å². The average Bonchev–Trinajstić information content (AvgIpc) is 3.13. The van der Waals surface area contributed by atoms with Crippen molar-refractivity contribution >= 4 is 10.9 Å². The minimum atomic E-state index is 0.947. The van der Waals surface area contributed by atoms with E-state index in [-0.39, 0.29) is 0 Å². The molecule has 3 aromatic rings. The molecule has 1 N–H and O–H groups in total. The summed E-state index contributed by atoms with van der Waals surface area (Å²) >= 11 is 0. The molecule has 0 aliphatic heterocycles. The fourth-order valence-electron chi connectivity index (χ4n) is 2.70. The normalized spacial score (nSPS) is 14.9. The highest BCUT2D eigenvalue weighted by Gasteiger charge is 2.21. The van der Waals surface area contributed by atoms with Crippen molar-refractivity contribution in [2.75, 3.05) is 0 Å². The Bertz CT molecular complexity index is 705. The number of nitrogens with zero attached hydrogens (tertiary/aromatic N) is 1. The van der Waals surface area contributed by atoms with Gasteiger partial charge in [-0.2, -0.15) is 5.10 Å². The minimum absolute atomic E-state index is 0.947. The molecule has 1 fully saturated rings. The van der Waals surface area contributed by atoms with Crippen LogP contribution in [0.2, 0.25) is 0 Å². The summed E-state index contributed by atoms with van der Waals surface area (Å²) in [6.45, 7) is 0. The van der Waals surface area contributed by atoms with Gasteiger partial charge >= 0.3 is 0 Å². The van der Waals surface area contributed by atoms with Gasteiger partial charge in [0.2, 0.25) is 0 Å². The molecule has 0 atom stereocenters. The average molecular weight is 248 g/mol. The maximum atomic E-state index is 4.13. The van der Waals surface area contributed by atoms with Crippen LogP contribution in [0.5, 0.6) is 0 Å². The Morgan fingerprint density at radius 3 is 2.68 bits per heavy atom. The number of aromatic nitrogens is 2. The molecule has 1 heterocycles. The van der Waals surface area contributed by atoms with Crippen molar-refractivity contribution in [2.24, 2.45) is 5.92 Å². The molecule has 1 aliphatic carbocycles. The molecule has 19 heavy (non-hydrogen) atoms. The second kappa shape index (κ2) is 4.23. The van der Waals surface area contributed by atoms with Crippen molar-refractivity contribution in [3.63, 3.8) is 0 Å². The van der Waals surface area contributed by atoms with Crippen LogP contribution in [-0.2, 0) is 6.42 Å². The lowest BCUT2D eigenvalue weighted by Crippen LogP contribution is -1.87. The monoisotopic (exact) mass is 248 g/mol. The molecule has 1 saturated carbocycles. The van der Waals surface area contributed by atoms with Gasteiger partial charge in [-0.3, -0.25) is 5.10 Å². The summed E-state index contributed by atoms with van der Waals surface area (Å²) in [6, 6.07) is 15.3. The summed E-state index contributed by atoms with van der Waals surface area (Å²) in [5.74, 6) is 0.947. The van der Waals surface area contributed by atoms with E-state index in [1.54, 1.807) is 0 Å². The van der Waals surface area contributed by atoms with E-state index in [1.165, 1.54) is 41.3 Å². The van der Waals surface area contributed by atoms with E-state index in [4.69, 9.17) is 0 Å². The van der Waals surface area contributed by atoms with Gasteiger partial charge in [-0.05, 0) is 47.9 Å². The van der Waals surface area contributed by atoms with E-state index in [0.29, 0.717) is 0 Å². The summed E-state index contributed by atoms with van der Waals surface area (Å²) in [5.41, 5.74) is 5.08. The predicted octanol–water partition coefficient (Wildman–Crippen LogP) is 4.18. The lowest BCUT2D eigenvalue weighted by Gasteiger charge is -2.05. The zero-order valence-electron chi connectivity index (χ0n) is 10.8. The highest BCUT2D eigenvalue weighted by atomic mass is 15.1. The molecule has 0 saturated heterocycles. The maximum Gasteiger partial charge on any atom is 0.0656 e. The largest absolute Gasteiger partial charge is 0.278 e. The van der Waals surface area contributed by atoms with Gasteiger partial charge in [0.15, 0.2) is 0 Å². The molecule has 94 valence electrons. The first-order valence-corrected chi connectivity index (χ1v) is 6.91. The minimum Gasteiger partial charge on any atom is -0.278 e. The molecule has 4 rings (SSSR count). The van der Waals surface area contributed by atoms with Crippen LogP contribution in [0.25, 0.3) is 22.0 Å². The highest BCUT2D eigenvalue weighted by Crippen LogP contribution is 2.33. The van der Waals surface area contributed by atoms with E-state index in [1.807, 2.05) is 6.20 Å². The van der Waals surface area contributed by atoms with Crippen LogP contribution in [0.4, 0.5) is 0 Å². The van der Waals surface area contributed by atoms with Crippen LogP contribution < -0.4 is 0 Å². The van der Waals surface area contributed by atoms with Crippen LogP contribution in [0, 0.1) is 5.92 Å². The van der Waals surface area contributed by atoms with Gasteiger partial charge < -0.3 is 0 Å². The molecule has 2 aromatic carbocycles. The van der Waals surface area contributed by atoms with Gasteiger partial charge in [-0.15, -0.1) is 0 Å². The third-order valence-corrected chi connectivity index (χ3v) is 3.97. The third kappa shape index (κ3) is 2.03. The van der Waals surface area contributed by atoms with Gasteiger partial charge in [0.1, 0.15) is 0 Å². The van der Waals surface area contributed by atoms with Crippen molar-refractivity contribution in [2.45, 2.75) is 19.3 Å². The SMILES string of the molecule is c1cc(-c2ccc(CC3CC3)cc2)c2cn[nH]c2c1. The van der Waals surface area contributed by atoms with Crippen LogP contribution in [0.3, 0.4) is 0 Å². The number of rotatable bonds is 3. The Morgan fingerprint density at radius 2 is 1.89 bits per heavy atom. The smallest absolute Gasteiger partial charge is 0.0656 e. The van der Waals surface area contributed by atoms with E-state index < -0.39 is 0 Å². The molecule has 1 aliphatic rings. The zero-order chi connectivity index (χ0) is 12.7. The van der Waals surface area contributed by atoms with Crippen molar-refractivity contribution < 1.29 is 0 Å². The van der Waals surface area contributed by atoms with E-state index in [2.05, 4.69) is 52.7 Å². The molecular formula is C17H16N2. The van der Waals surface area contributed by atoms with Gasteiger partial charge in [0.25, 0.3) is 0 Å². The Labute approximate surface area is 112 Å². The van der Waals surface area contributed by atoms with Crippen LogP contribution in [0.1, 0.15) is 18.4 Å². The number of H-pyrrole nitrogens is 1. The van der Waals surface area contributed by atoms with E-state index in [0.717, 1.165) is 11.4 Å². The number of hydrogen-bond acceptors (Lipinski definition) is 1. The first kappa shape index (κ1) is 10.8. The van der Waals surface area contributed by atoms with Gasteiger partial charge in [0.05, 0.1) is 11.7 Å². The summed E-state index contributed by atoms with van der Waals surface area (Å²) in [6.07, 6.45) is 5.98. The quantitative estimate of drug-likeness (QED) is 0.740. The second-order valence-corrected chi connectivity index (χ2v) is 5.48. The molecule has 0 bridgehead atoms. The van der Waals surface area contributed by atoms with Crippen LogP contribution in [0.15, 0.2) is 48.7 Å². The van der Waals surface area contributed by atoms with Crippen molar-refractivity contribution in [3.8, 4) is 11.1 Å². The van der Waals surface area contributed by atoms with Crippen LogP contribution >= 0.6 is 0 Å². The molecule has 0 unspecified atom stereocenters. The molecule has 0 spiro atoms. The number of hydrogen-bond donors (Lipinski definition) is 1. The standard InChI is InChI=1S/C17H16N2/c1-2-15(16-11-18-19-17(16)3-1)14-8-6-13(7-9-14)10-12-4-5-12/h1-3,6-9,11-12H,4-5,10H2,(H,18,19). The molecule has 0 amide bonds. The lowest BCUT2D eigenvalue weighted by atomic mass is 9.99. The highest BCUT2D eigenvalue weighted by molar-refractivity contribution is 5.94. The Kier molecular flexibility index (Phi) is 2.41. The number of nitrogens with one attached hydrogen (secondary N) is 1. The summed E-state index contributed by atoms with van der Waals surface area (Å²) in [7, 11) is 0. The van der Waals surface area contributed by atoms with Crippen LogP contribution in [-0.4, -0.2) is 10.2 Å². The van der Waals surface area contributed by atoms with Crippen molar-refractivity contribution in [3.05, 3.63) is 54.2 Å². The first-order valence-electron chi connectivity index (χ1n) is 6.91. The predicted molar refractivity (Wildman–Crippen MR) is 78.0 cm³/mol. The second-order valence-electron chi connectivity index (χ2n) is 5.48. The first-order chi connectivity index (χ1) is 9.40. The Morgan fingerprint density at radius 1 is 1.05 bits per heavy atom. The molecular weight excluding hydrogens is 232 g/mol. The fourth-order valence-corrected chi connectivity index (χ4v) is 2.70. The van der Waals surface area contributed by atoms with Crippen molar-refractivity contribution in [1.82, 2.24) is 10.2 Å². The maximum absolute atomic E-state index is 4.13. The Balaban J connectivity index is 1.72. The number of fused-ring (bicyclic) bond motifs is 1. The van der Waals surface area contributed by atoms with Gasteiger partial charge in [-0.1, -0.05) is 36.4 Å². The summed E-state index contributed by atoms with van der Waals surface area (Å²) in [4.78, 5) is 0. The van der Waals surface area contributed by atoms with Crippen molar-refractivity contribution in [1.29, 1.82) is 0 Å². The molecule has 2 heteroatoms. The number of benzene rings is 2. The van der Waals surface area contributed by atoms with E-state index in [9.17, 15) is 0 Å². The topological polar surface area (TPSA) is 28.7 Å². The molecule has 0 radical (unpaired) electrons.